The summed E-state index contributed by atoms with van der Waals surface area (Å²) in [5.41, 5.74) is 0.991. The van der Waals surface area contributed by atoms with Crippen LogP contribution in [0, 0.1) is 0 Å². The van der Waals surface area contributed by atoms with Gasteiger partial charge in [0.2, 0.25) is 0 Å². The van der Waals surface area contributed by atoms with Crippen LogP contribution in [0.25, 0.3) is 0 Å². The minimum Gasteiger partial charge on any atom is -0.362 e. The summed E-state index contributed by atoms with van der Waals surface area (Å²) in [6.45, 7) is 0.353. The molecule has 0 saturated heterocycles. The maximum atomic E-state index is 13.8. The van der Waals surface area contributed by atoms with Crippen LogP contribution in [0.1, 0.15) is 39.4 Å². The van der Waals surface area contributed by atoms with Crippen LogP contribution in [-0.4, -0.2) is 28.4 Å². The van der Waals surface area contributed by atoms with E-state index in [1.807, 2.05) is 35.7 Å². The number of benzene rings is 1. The fraction of sp³-hybridized carbons (Fsp3) is 0.300. The number of nitrogens with one attached hydrogen (secondary N) is 2. The predicted molar refractivity (Wildman–Crippen MR) is 113 cm³/mol. The normalized spacial score (nSPS) is 18.5. The molecule has 4 rings (SSSR count). The summed E-state index contributed by atoms with van der Waals surface area (Å²) in [7, 11) is 0. The zero-order chi connectivity index (χ0) is 21.3. The largest absolute Gasteiger partial charge is 0.410 e. The molecule has 0 aliphatic carbocycles. The highest BCUT2D eigenvalue weighted by Crippen LogP contribution is 2.46. The molecule has 0 fully saturated rings. The summed E-state index contributed by atoms with van der Waals surface area (Å²) in [6.07, 6.45) is -4.07. The van der Waals surface area contributed by atoms with E-state index >= 15 is 0 Å². The van der Waals surface area contributed by atoms with Crippen molar-refractivity contribution in [1.29, 1.82) is 0 Å². The third-order valence-corrected chi connectivity index (χ3v) is 6.68. The van der Waals surface area contributed by atoms with Crippen LogP contribution in [-0.2, 0) is 6.42 Å². The lowest BCUT2D eigenvalue weighted by Crippen LogP contribution is -2.35. The minimum atomic E-state index is -4.49. The van der Waals surface area contributed by atoms with Gasteiger partial charge >= 0.3 is 6.18 Å². The molecule has 158 valence electrons. The fourth-order valence-electron chi connectivity index (χ4n) is 3.46. The van der Waals surface area contributed by atoms with Crippen LogP contribution < -0.4 is 10.6 Å². The SMILES string of the molecule is O=C(NCCc1ccccc1)c1nn2c(c1Br)N[C@@H](c1cccs1)C[C@H]2C(F)(F)F. The minimum absolute atomic E-state index is 0.0633. The Morgan fingerprint density at radius 3 is 2.70 bits per heavy atom. The number of anilines is 1. The summed E-state index contributed by atoms with van der Waals surface area (Å²) in [5, 5.41) is 11.7. The Hall–Kier alpha value is -2.33. The number of nitrogens with zero attached hydrogens (tertiary/aromatic N) is 2. The van der Waals surface area contributed by atoms with E-state index in [0.717, 1.165) is 15.1 Å². The number of hydrogen-bond acceptors (Lipinski definition) is 4. The Morgan fingerprint density at radius 2 is 2.03 bits per heavy atom. The van der Waals surface area contributed by atoms with Crippen LogP contribution in [0.4, 0.5) is 19.0 Å². The number of thiophene rings is 1. The van der Waals surface area contributed by atoms with Gasteiger partial charge in [-0.1, -0.05) is 36.4 Å². The van der Waals surface area contributed by atoms with Crippen molar-refractivity contribution >= 4 is 39.0 Å². The monoisotopic (exact) mass is 498 g/mol. The highest BCUT2D eigenvalue weighted by atomic mass is 79.9. The smallest absolute Gasteiger partial charge is 0.362 e. The first kappa shape index (κ1) is 20.9. The summed E-state index contributed by atoms with van der Waals surface area (Å²) in [4.78, 5) is 13.4. The predicted octanol–water partition coefficient (Wildman–Crippen LogP) is 5.34. The van der Waals surface area contributed by atoms with E-state index in [9.17, 15) is 18.0 Å². The Morgan fingerprint density at radius 1 is 1.27 bits per heavy atom. The molecule has 10 heteroatoms. The van der Waals surface area contributed by atoms with E-state index in [-0.39, 0.29) is 22.4 Å². The molecule has 0 unspecified atom stereocenters. The maximum Gasteiger partial charge on any atom is 0.410 e. The summed E-state index contributed by atoms with van der Waals surface area (Å²) >= 11 is 4.68. The van der Waals surface area contributed by atoms with E-state index in [1.165, 1.54) is 11.3 Å². The molecule has 3 aromatic rings. The Kier molecular flexibility index (Phi) is 5.88. The first-order valence-electron chi connectivity index (χ1n) is 9.31. The molecule has 2 atom stereocenters. The van der Waals surface area contributed by atoms with Crippen molar-refractivity contribution in [3.8, 4) is 0 Å². The lowest BCUT2D eigenvalue weighted by atomic mass is 10.0. The van der Waals surface area contributed by atoms with E-state index in [0.29, 0.717) is 13.0 Å². The third-order valence-electron chi connectivity index (χ3n) is 4.94. The third kappa shape index (κ3) is 4.24. The molecule has 2 N–H and O–H groups in total. The average molecular weight is 499 g/mol. The molecule has 1 aromatic carbocycles. The second kappa shape index (κ2) is 8.43. The van der Waals surface area contributed by atoms with Gasteiger partial charge in [0.25, 0.3) is 5.91 Å². The van der Waals surface area contributed by atoms with Gasteiger partial charge in [-0.25, -0.2) is 4.68 Å². The van der Waals surface area contributed by atoms with E-state index in [1.54, 1.807) is 12.1 Å². The molecule has 3 heterocycles. The van der Waals surface area contributed by atoms with Gasteiger partial charge in [0, 0.05) is 17.8 Å². The van der Waals surface area contributed by atoms with Gasteiger partial charge in [-0.2, -0.15) is 18.3 Å². The van der Waals surface area contributed by atoms with Crippen molar-refractivity contribution in [2.45, 2.75) is 31.1 Å². The lowest BCUT2D eigenvalue weighted by molar-refractivity contribution is -0.173. The van der Waals surface area contributed by atoms with Crippen molar-refractivity contribution < 1.29 is 18.0 Å². The van der Waals surface area contributed by atoms with Crippen molar-refractivity contribution in [2.24, 2.45) is 0 Å². The zero-order valence-electron chi connectivity index (χ0n) is 15.6. The van der Waals surface area contributed by atoms with Gasteiger partial charge in [0.1, 0.15) is 5.82 Å². The standard InChI is InChI=1S/C20H18BrF3N4OS/c21-16-17(19(29)25-9-8-12-5-2-1-3-6-12)27-28-15(20(22,23)24)11-13(26-18(16)28)14-7-4-10-30-14/h1-7,10,13,15,26H,8-9,11H2,(H,25,29)/t13-,15+/m1/s1. The van der Waals surface area contributed by atoms with E-state index in [2.05, 4.69) is 31.7 Å². The highest BCUT2D eigenvalue weighted by molar-refractivity contribution is 9.10. The van der Waals surface area contributed by atoms with Gasteiger partial charge in [-0.3, -0.25) is 4.79 Å². The van der Waals surface area contributed by atoms with Gasteiger partial charge in [0.15, 0.2) is 11.7 Å². The molecule has 0 spiro atoms. The van der Waals surface area contributed by atoms with Crippen LogP contribution in [0.3, 0.4) is 0 Å². The highest BCUT2D eigenvalue weighted by Gasteiger charge is 2.47. The molecule has 1 aliphatic heterocycles. The molecule has 1 amide bonds. The number of alkyl halides is 3. The van der Waals surface area contributed by atoms with Crippen molar-refractivity contribution in [1.82, 2.24) is 15.1 Å². The number of hydrogen-bond donors (Lipinski definition) is 2. The Balaban J connectivity index is 1.56. The number of fused-ring (bicyclic) bond motifs is 1. The number of carbonyl (C=O) groups is 1. The van der Waals surface area contributed by atoms with Crippen LogP contribution >= 0.6 is 27.3 Å². The van der Waals surface area contributed by atoms with Crippen LogP contribution in [0.2, 0.25) is 0 Å². The Labute approximate surface area is 183 Å². The molecule has 1 aliphatic rings. The summed E-state index contributed by atoms with van der Waals surface area (Å²) in [6, 6.07) is 10.9. The van der Waals surface area contributed by atoms with E-state index < -0.39 is 24.2 Å². The molecule has 0 bridgehead atoms. The van der Waals surface area contributed by atoms with Crippen molar-refractivity contribution in [3.05, 3.63) is 68.5 Å². The van der Waals surface area contributed by atoms with Crippen LogP contribution in [0.5, 0.6) is 0 Å². The zero-order valence-corrected chi connectivity index (χ0v) is 18.0. The molecule has 0 radical (unpaired) electrons. The lowest BCUT2D eigenvalue weighted by Gasteiger charge is -2.33. The average Bonchev–Trinajstić information content (AvgIpc) is 3.36. The first-order valence-corrected chi connectivity index (χ1v) is 11.0. The fourth-order valence-corrected chi connectivity index (χ4v) is 4.81. The first-order chi connectivity index (χ1) is 14.3. The summed E-state index contributed by atoms with van der Waals surface area (Å²) < 4.78 is 42.4. The maximum absolute atomic E-state index is 13.8. The summed E-state index contributed by atoms with van der Waals surface area (Å²) in [5.74, 6) is -0.356. The second-order valence-electron chi connectivity index (χ2n) is 6.95. The molecule has 30 heavy (non-hydrogen) atoms. The van der Waals surface area contributed by atoms with Gasteiger partial charge < -0.3 is 10.6 Å². The van der Waals surface area contributed by atoms with Crippen LogP contribution in [0.15, 0.2) is 52.3 Å². The van der Waals surface area contributed by atoms with Crippen molar-refractivity contribution in [2.75, 3.05) is 11.9 Å². The number of rotatable bonds is 5. The van der Waals surface area contributed by atoms with E-state index in [4.69, 9.17) is 0 Å². The topological polar surface area (TPSA) is 59.0 Å². The molecule has 2 aromatic heterocycles. The molecule has 0 saturated carbocycles. The van der Waals surface area contributed by atoms with Gasteiger partial charge in [0.05, 0.1) is 10.5 Å². The van der Waals surface area contributed by atoms with Crippen molar-refractivity contribution in [3.63, 3.8) is 0 Å². The van der Waals surface area contributed by atoms with Gasteiger partial charge in [-0.05, 0) is 39.4 Å². The second-order valence-corrected chi connectivity index (χ2v) is 8.72. The number of carbonyl (C=O) groups excluding carboxylic acids is 1. The quantitative estimate of drug-likeness (QED) is 0.499. The van der Waals surface area contributed by atoms with Gasteiger partial charge in [-0.15, -0.1) is 11.3 Å². The Bertz CT molecular complexity index is 1020. The number of aromatic nitrogens is 2. The number of amides is 1. The number of halogens is 4. The molecular formula is C20H18BrF3N4OS. The molecular weight excluding hydrogens is 481 g/mol. The molecule has 5 nitrogen and oxygen atoms in total.